The molecular formula is C13H8ClFINO2. The first-order valence-electron chi connectivity index (χ1n) is 5.18. The van der Waals surface area contributed by atoms with Gasteiger partial charge < -0.3 is 10.8 Å². The minimum Gasteiger partial charge on any atom is -0.478 e. The fourth-order valence-electron chi connectivity index (χ4n) is 1.69. The van der Waals surface area contributed by atoms with E-state index in [9.17, 15) is 9.18 Å². The molecule has 2 rings (SSSR count). The summed E-state index contributed by atoms with van der Waals surface area (Å²) in [5.41, 5.74) is 7.19. The van der Waals surface area contributed by atoms with Gasteiger partial charge in [-0.25, -0.2) is 9.18 Å². The van der Waals surface area contributed by atoms with Gasteiger partial charge in [0.15, 0.2) is 0 Å². The smallest absolute Gasteiger partial charge is 0.337 e. The van der Waals surface area contributed by atoms with Crippen molar-refractivity contribution in [2.45, 2.75) is 0 Å². The monoisotopic (exact) mass is 391 g/mol. The highest BCUT2D eigenvalue weighted by molar-refractivity contribution is 14.1. The molecule has 0 saturated heterocycles. The number of aromatic carboxylic acids is 1. The molecule has 0 radical (unpaired) electrons. The highest BCUT2D eigenvalue weighted by atomic mass is 127. The van der Waals surface area contributed by atoms with Crippen molar-refractivity contribution in [3.63, 3.8) is 0 Å². The number of carboxylic acid groups (broad SMARTS) is 1. The molecular weight excluding hydrogens is 384 g/mol. The van der Waals surface area contributed by atoms with Crippen LogP contribution in [-0.2, 0) is 0 Å². The van der Waals surface area contributed by atoms with Gasteiger partial charge in [-0.05, 0) is 46.4 Å². The lowest BCUT2D eigenvalue weighted by Gasteiger charge is -2.12. The van der Waals surface area contributed by atoms with Gasteiger partial charge in [0.05, 0.1) is 16.3 Å². The lowest BCUT2D eigenvalue weighted by atomic mass is 10.0. The number of benzene rings is 2. The normalized spacial score (nSPS) is 10.5. The Morgan fingerprint density at radius 2 is 1.89 bits per heavy atom. The summed E-state index contributed by atoms with van der Waals surface area (Å²) >= 11 is 8.04. The van der Waals surface area contributed by atoms with Crippen molar-refractivity contribution in [1.82, 2.24) is 0 Å². The molecule has 2 aromatic carbocycles. The molecule has 0 aliphatic rings. The molecule has 0 unspecified atom stereocenters. The Bertz CT molecular complexity index is 659. The second-order valence-electron chi connectivity index (χ2n) is 3.82. The average Bonchev–Trinajstić information content (AvgIpc) is 2.36. The van der Waals surface area contributed by atoms with Gasteiger partial charge in [0, 0.05) is 9.13 Å². The number of carboxylic acids is 1. The number of hydrogen-bond donors (Lipinski definition) is 2. The number of anilines is 1. The molecule has 0 bridgehead atoms. The first kappa shape index (κ1) is 14.1. The fourth-order valence-corrected chi connectivity index (χ4v) is 3.06. The Hall–Kier alpha value is -1.34. The SMILES string of the molecule is Nc1c(C(=O)O)cc(Cl)c(-c2ccc(F)cc2)c1I. The van der Waals surface area contributed by atoms with Crippen LogP contribution in [0.15, 0.2) is 30.3 Å². The third-order valence-electron chi connectivity index (χ3n) is 2.62. The molecule has 2 aromatic rings. The van der Waals surface area contributed by atoms with Crippen molar-refractivity contribution >= 4 is 45.8 Å². The Kier molecular flexibility index (Phi) is 3.96. The fraction of sp³-hybridized carbons (Fsp3) is 0. The number of halogens is 3. The van der Waals surface area contributed by atoms with Gasteiger partial charge in [0.25, 0.3) is 0 Å². The van der Waals surface area contributed by atoms with Gasteiger partial charge in [-0.1, -0.05) is 23.7 Å². The predicted molar refractivity (Wildman–Crippen MR) is 80.9 cm³/mol. The van der Waals surface area contributed by atoms with Crippen molar-refractivity contribution in [3.8, 4) is 11.1 Å². The van der Waals surface area contributed by atoms with Gasteiger partial charge in [-0.3, -0.25) is 0 Å². The summed E-state index contributed by atoms with van der Waals surface area (Å²) in [6.45, 7) is 0. The molecule has 3 N–H and O–H groups in total. The molecule has 0 atom stereocenters. The molecule has 0 aliphatic heterocycles. The number of nitrogens with two attached hydrogens (primary N) is 1. The van der Waals surface area contributed by atoms with E-state index in [0.29, 0.717) is 14.7 Å². The van der Waals surface area contributed by atoms with Gasteiger partial charge in [-0.15, -0.1) is 0 Å². The van der Waals surface area contributed by atoms with Crippen molar-refractivity contribution in [2.24, 2.45) is 0 Å². The first-order valence-corrected chi connectivity index (χ1v) is 6.64. The van der Waals surface area contributed by atoms with Crippen LogP contribution in [0.5, 0.6) is 0 Å². The number of rotatable bonds is 2. The van der Waals surface area contributed by atoms with Crippen LogP contribution >= 0.6 is 34.2 Å². The number of nitrogen functional groups attached to an aromatic ring is 1. The van der Waals surface area contributed by atoms with Crippen LogP contribution < -0.4 is 5.73 Å². The maximum atomic E-state index is 12.9. The van der Waals surface area contributed by atoms with E-state index in [4.69, 9.17) is 22.4 Å². The zero-order valence-corrected chi connectivity index (χ0v) is 12.4. The van der Waals surface area contributed by atoms with Crippen molar-refractivity contribution in [1.29, 1.82) is 0 Å². The van der Waals surface area contributed by atoms with Gasteiger partial charge in [0.2, 0.25) is 0 Å². The predicted octanol–water partition coefficient (Wildman–Crippen LogP) is 4.03. The second kappa shape index (κ2) is 5.34. The largest absolute Gasteiger partial charge is 0.478 e. The summed E-state index contributed by atoms with van der Waals surface area (Å²) < 4.78 is 13.5. The van der Waals surface area contributed by atoms with Crippen LogP contribution in [0.2, 0.25) is 5.02 Å². The minimum atomic E-state index is -1.14. The van der Waals surface area contributed by atoms with Gasteiger partial charge in [-0.2, -0.15) is 0 Å². The van der Waals surface area contributed by atoms with E-state index >= 15 is 0 Å². The van der Waals surface area contributed by atoms with Crippen molar-refractivity contribution in [2.75, 3.05) is 5.73 Å². The summed E-state index contributed by atoms with van der Waals surface area (Å²) in [4.78, 5) is 11.0. The maximum absolute atomic E-state index is 12.9. The van der Waals surface area contributed by atoms with E-state index in [2.05, 4.69) is 0 Å². The maximum Gasteiger partial charge on any atom is 0.337 e. The van der Waals surface area contributed by atoms with Gasteiger partial charge in [0.1, 0.15) is 5.82 Å². The number of carbonyl (C=O) groups is 1. The minimum absolute atomic E-state index is 0.0414. The van der Waals surface area contributed by atoms with Crippen LogP contribution in [0.4, 0.5) is 10.1 Å². The first-order chi connectivity index (χ1) is 8.91. The molecule has 0 aromatic heterocycles. The Labute approximate surface area is 127 Å². The molecule has 19 heavy (non-hydrogen) atoms. The zero-order chi connectivity index (χ0) is 14.2. The molecule has 3 nitrogen and oxygen atoms in total. The van der Waals surface area contributed by atoms with E-state index in [1.54, 1.807) is 12.1 Å². The lowest BCUT2D eigenvalue weighted by molar-refractivity contribution is 0.0698. The van der Waals surface area contributed by atoms with Crippen molar-refractivity contribution in [3.05, 3.63) is 50.3 Å². The Balaban J connectivity index is 2.68. The van der Waals surface area contributed by atoms with E-state index in [1.165, 1.54) is 18.2 Å². The molecule has 0 amide bonds. The summed E-state index contributed by atoms with van der Waals surface area (Å²) in [6, 6.07) is 7.06. The summed E-state index contributed by atoms with van der Waals surface area (Å²) in [7, 11) is 0. The van der Waals surface area contributed by atoms with E-state index in [1.807, 2.05) is 22.6 Å². The lowest BCUT2D eigenvalue weighted by Crippen LogP contribution is -2.05. The van der Waals surface area contributed by atoms with Gasteiger partial charge >= 0.3 is 5.97 Å². The molecule has 0 saturated carbocycles. The quantitative estimate of drug-likeness (QED) is 0.600. The molecule has 0 fully saturated rings. The number of hydrogen-bond acceptors (Lipinski definition) is 2. The third-order valence-corrected chi connectivity index (χ3v) is 4.04. The summed E-state index contributed by atoms with van der Waals surface area (Å²) in [6.07, 6.45) is 0. The summed E-state index contributed by atoms with van der Waals surface area (Å²) in [5.74, 6) is -1.49. The van der Waals surface area contributed by atoms with Crippen LogP contribution in [0.1, 0.15) is 10.4 Å². The third kappa shape index (κ3) is 2.66. The van der Waals surface area contributed by atoms with Crippen LogP contribution in [-0.4, -0.2) is 11.1 Å². The molecule has 0 heterocycles. The Morgan fingerprint density at radius 1 is 1.32 bits per heavy atom. The van der Waals surface area contributed by atoms with E-state index < -0.39 is 5.97 Å². The van der Waals surface area contributed by atoms with E-state index in [-0.39, 0.29) is 22.1 Å². The van der Waals surface area contributed by atoms with Crippen LogP contribution in [0.25, 0.3) is 11.1 Å². The van der Waals surface area contributed by atoms with Crippen molar-refractivity contribution < 1.29 is 14.3 Å². The molecule has 0 aliphatic carbocycles. The van der Waals surface area contributed by atoms with Crippen LogP contribution in [0.3, 0.4) is 0 Å². The molecule has 0 spiro atoms. The standard InChI is InChI=1S/C13H8ClFINO2/c14-9-5-8(13(18)19)12(17)11(16)10(9)6-1-3-7(15)4-2-6/h1-5H,17H2,(H,18,19). The molecule has 6 heteroatoms. The highest BCUT2D eigenvalue weighted by Gasteiger charge is 2.18. The second-order valence-corrected chi connectivity index (χ2v) is 5.31. The topological polar surface area (TPSA) is 63.3 Å². The summed E-state index contributed by atoms with van der Waals surface area (Å²) in [5, 5.41) is 9.29. The zero-order valence-electron chi connectivity index (χ0n) is 9.45. The van der Waals surface area contributed by atoms with Crippen LogP contribution in [0, 0.1) is 9.39 Å². The highest BCUT2D eigenvalue weighted by Crippen LogP contribution is 2.37. The Morgan fingerprint density at radius 3 is 2.42 bits per heavy atom. The van der Waals surface area contributed by atoms with E-state index in [0.717, 1.165) is 0 Å². The average molecular weight is 392 g/mol. The molecule has 98 valence electrons.